The molecule has 0 aromatic carbocycles. The molecule has 0 aliphatic heterocycles. The van der Waals surface area contributed by atoms with Crippen LogP contribution < -0.4 is 0 Å². The van der Waals surface area contributed by atoms with Crippen molar-refractivity contribution in [2.45, 2.75) is 48.8 Å². The third-order valence-corrected chi connectivity index (χ3v) is 3.49. The lowest BCUT2D eigenvalue weighted by Crippen LogP contribution is -2.54. The van der Waals surface area contributed by atoms with Crippen LogP contribution in [-0.2, 0) is 14.4 Å². The van der Waals surface area contributed by atoms with Gasteiger partial charge in [-0.15, -0.1) is 0 Å². The molecule has 0 aromatic rings. The normalized spacial score (nSPS) is 21.0. The molecule has 0 saturated carbocycles. The summed E-state index contributed by atoms with van der Waals surface area (Å²) in [5.74, 6) is -6.16. The van der Waals surface area contributed by atoms with Crippen molar-refractivity contribution < 1.29 is 65.4 Å². The molecule has 0 bridgehead atoms. The molecule has 0 aliphatic rings. The first-order valence-electron chi connectivity index (χ1n) is 7.20. The Balaban J connectivity index is 5.10. The van der Waals surface area contributed by atoms with Crippen molar-refractivity contribution in [3.63, 3.8) is 0 Å². The molecule has 0 aromatic heterocycles. The minimum Gasteiger partial charge on any atom is -0.394 e. The van der Waals surface area contributed by atoms with Gasteiger partial charge in [0.05, 0.1) is 13.2 Å². The predicted molar refractivity (Wildman–Crippen MR) is 77.2 cm³/mol. The molecule has 0 rings (SSSR count). The number of Topliss-reactive ketones (excluding diaryl/α,β-unsaturated/α-hetero) is 3. The maximum atomic E-state index is 11.6. The highest BCUT2D eigenvalue weighted by molar-refractivity contribution is 6.65. The van der Waals surface area contributed by atoms with Crippen LogP contribution in [0.1, 0.15) is 0 Å². The van der Waals surface area contributed by atoms with E-state index in [0.717, 1.165) is 0 Å². The molecule has 0 saturated heterocycles. The molecular weight excluding hydrogens is 364 g/mol. The molecule has 0 aliphatic carbocycles. The van der Waals surface area contributed by atoms with Crippen molar-refractivity contribution in [1.29, 1.82) is 0 Å². The van der Waals surface area contributed by atoms with Gasteiger partial charge in [-0.1, -0.05) is 0 Å². The highest BCUT2D eigenvalue weighted by atomic mass is 16.4. The van der Waals surface area contributed by atoms with Crippen LogP contribution in [0.4, 0.5) is 0 Å². The summed E-state index contributed by atoms with van der Waals surface area (Å²) in [5.41, 5.74) is 0. The van der Waals surface area contributed by atoms with E-state index < -0.39 is 79.4 Å². The van der Waals surface area contributed by atoms with E-state index in [2.05, 4.69) is 0 Å². The number of carbonyl (C=O) groups is 3. The van der Waals surface area contributed by atoms with Crippen molar-refractivity contribution in [2.75, 3.05) is 13.2 Å². The summed E-state index contributed by atoms with van der Waals surface area (Å²) in [6.07, 6.45) is -18.9. The summed E-state index contributed by atoms with van der Waals surface area (Å²) in [6, 6.07) is 0. The average molecular weight is 386 g/mol. The van der Waals surface area contributed by atoms with Crippen LogP contribution in [-0.4, -0.2) is 130 Å². The van der Waals surface area contributed by atoms with Crippen molar-refractivity contribution in [3.05, 3.63) is 0 Å². The van der Waals surface area contributed by atoms with Gasteiger partial charge in [-0.25, -0.2) is 0 Å². The van der Waals surface area contributed by atoms with Crippen molar-refractivity contribution >= 4 is 17.3 Å². The van der Waals surface area contributed by atoms with Gasteiger partial charge in [0.15, 0.2) is 0 Å². The summed E-state index contributed by atoms with van der Waals surface area (Å²) < 4.78 is 0. The Kier molecular flexibility index (Phi) is 10.1. The van der Waals surface area contributed by atoms with Crippen LogP contribution in [0.2, 0.25) is 0 Å². The summed E-state index contributed by atoms with van der Waals surface area (Å²) in [6.45, 7) is -2.13. The second-order valence-electron chi connectivity index (χ2n) is 5.41. The highest BCUT2D eigenvalue weighted by Gasteiger charge is 2.43. The molecule has 0 spiro atoms. The monoisotopic (exact) mass is 386 g/mol. The lowest BCUT2D eigenvalue weighted by atomic mass is 9.93. The minimum absolute atomic E-state index is 1.07. The first-order chi connectivity index (χ1) is 11.9. The predicted octanol–water partition coefficient (Wildman–Crippen LogP) is -7.43. The van der Waals surface area contributed by atoms with Crippen LogP contribution in [0.25, 0.3) is 0 Å². The highest BCUT2D eigenvalue weighted by Crippen LogP contribution is 2.10. The minimum atomic E-state index is -2.72. The third kappa shape index (κ3) is 5.82. The number of rotatable bonds is 12. The number of hydrogen-bond acceptors (Lipinski definition) is 13. The number of hydrogen-bond donors (Lipinski definition) is 10. The fourth-order valence-electron chi connectivity index (χ4n) is 1.74. The lowest BCUT2D eigenvalue weighted by Gasteiger charge is -2.26. The van der Waals surface area contributed by atoms with Gasteiger partial charge < -0.3 is 51.1 Å². The van der Waals surface area contributed by atoms with Gasteiger partial charge in [0.25, 0.3) is 5.78 Å². The Morgan fingerprint density at radius 2 is 0.808 bits per heavy atom. The van der Waals surface area contributed by atoms with Gasteiger partial charge in [0.2, 0.25) is 11.6 Å². The molecule has 0 heterocycles. The second-order valence-corrected chi connectivity index (χ2v) is 5.41. The Hall–Kier alpha value is -1.39. The maximum absolute atomic E-state index is 11.6. The summed E-state index contributed by atoms with van der Waals surface area (Å²) in [7, 11) is 0. The fourth-order valence-corrected chi connectivity index (χ4v) is 1.74. The van der Waals surface area contributed by atoms with Crippen LogP contribution in [0.5, 0.6) is 0 Å². The molecule has 152 valence electrons. The zero-order valence-electron chi connectivity index (χ0n) is 13.2. The standard InChI is InChI=1S/C13H22O13/c14-1-3(16)5(18)7(20)9(22)11(24)13(26)12(25)10(23)8(21)6(19)4(17)2-15/h3-10,14-23H,1-2H2/t3-,4-,5-,6-,7+,8+,9-,10-/m1/s1. The Bertz CT molecular complexity index is 452. The van der Waals surface area contributed by atoms with Gasteiger partial charge >= 0.3 is 0 Å². The largest absolute Gasteiger partial charge is 0.394 e. The van der Waals surface area contributed by atoms with E-state index in [9.17, 15) is 45.0 Å². The van der Waals surface area contributed by atoms with Crippen molar-refractivity contribution in [3.8, 4) is 0 Å². The van der Waals surface area contributed by atoms with Crippen LogP contribution in [0, 0.1) is 0 Å². The molecule has 0 fully saturated rings. The number of ketones is 3. The zero-order chi connectivity index (χ0) is 20.8. The number of carbonyl (C=O) groups excluding carboxylic acids is 3. The van der Waals surface area contributed by atoms with Crippen LogP contribution in [0.15, 0.2) is 0 Å². The zero-order valence-corrected chi connectivity index (χ0v) is 13.2. The smallest absolute Gasteiger partial charge is 0.269 e. The van der Waals surface area contributed by atoms with E-state index in [1.165, 1.54) is 0 Å². The van der Waals surface area contributed by atoms with Crippen LogP contribution in [0.3, 0.4) is 0 Å². The summed E-state index contributed by atoms with van der Waals surface area (Å²) in [4.78, 5) is 34.9. The Labute approximate surface area is 146 Å². The fraction of sp³-hybridized carbons (Fsp3) is 0.769. The van der Waals surface area contributed by atoms with E-state index in [1.807, 2.05) is 0 Å². The van der Waals surface area contributed by atoms with E-state index >= 15 is 0 Å². The number of aliphatic hydroxyl groups excluding tert-OH is 10. The first kappa shape index (κ1) is 24.6. The molecule has 0 unspecified atom stereocenters. The van der Waals surface area contributed by atoms with Gasteiger partial charge in [-0.2, -0.15) is 0 Å². The molecule has 13 heteroatoms. The Morgan fingerprint density at radius 3 is 1.04 bits per heavy atom. The van der Waals surface area contributed by atoms with E-state index in [-0.39, 0.29) is 0 Å². The van der Waals surface area contributed by atoms with E-state index in [1.54, 1.807) is 0 Å². The Morgan fingerprint density at radius 1 is 0.538 bits per heavy atom. The quantitative estimate of drug-likeness (QED) is 0.111. The molecule has 13 nitrogen and oxygen atoms in total. The topological polar surface area (TPSA) is 254 Å². The number of aliphatic hydroxyl groups is 10. The van der Waals surface area contributed by atoms with Gasteiger partial charge in [0.1, 0.15) is 48.8 Å². The van der Waals surface area contributed by atoms with Gasteiger partial charge in [-0.05, 0) is 0 Å². The molecule has 0 amide bonds. The molecule has 0 radical (unpaired) electrons. The van der Waals surface area contributed by atoms with E-state index in [0.29, 0.717) is 0 Å². The maximum Gasteiger partial charge on any atom is 0.269 e. The average Bonchev–Trinajstić information content (AvgIpc) is 2.66. The first-order valence-corrected chi connectivity index (χ1v) is 7.20. The van der Waals surface area contributed by atoms with Crippen LogP contribution >= 0.6 is 0 Å². The molecule has 8 atom stereocenters. The van der Waals surface area contributed by atoms with E-state index in [4.69, 9.17) is 20.4 Å². The summed E-state index contributed by atoms with van der Waals surface area (Å²) in [5, 5.41) is 91.9. The summed E-state index contributed by atoms with van der Waals surface area (Å²) >= 11 is 0. The molecule has 10 N–H and O–H groups in total. The second kappa shape index (κ2) is 10.7. The van der Waals surface area contributed by atoms with Crippen molar-refractivity contribution in [1.82, 2.24) is 0 Å². The SMILES string of the molecule is O=C(C(=O)[C@H](O)[C@@H](O)[C@H](O)[C@H](O)CO)C(=O)[C@H](O)[C@@H](O)[C@H](O)[C@H](O)CO. The lowest BCUT2D eigenvalue weighted by molar-refractivity contribution is -0.162. The molecule has 26 heavy (non-hydrogen) atoms. The van der Waals surface area contributed by atoms with Gasteiger partial charge in [-0.3, -0.25) is 14.4 Å². The van der Waals surface area contributed by atoms with Gasteiger partial charge in [0, 0.05) is 0 Å². The van der Waals surface area contributed by atoms with Crippen molar-refractivity contribution in [2.24, 2.45) is 0 Å². The molecular formula is C13H22O13. The third-order valence-electron chi connectivity index (χ3n) is 3.49.